The third-order valence-corrected chi connectivity index (χ3v) is 9.20. The minimum absolute atomic E-state index is 0.257. The first-order chi connectivity index (χ1) is 15.1. The second-order valence-electron chi connectivity index (χ2n) is 11.4. The molecule has 2 heteroatoms. The van der Waals surface area contributed by atoms with Gasteiger partial charge in [0.15, 0.2) is 0 Å². The van der Waals surface area contributed by atoms with Crippen molar-refractivity contribution in [2.75, 3.05) is 0 Å². The molecule has 180 valence electrons. The highest BCUT2D eigenvalue weighted by Gasteiger charge is 2.45. The largest absolute Gasteiger partial charge is 0.390 e. The van der Waals surface area contributed by atoms with E-state index in [1.54, 1.807) is 11.1 Å². The molecule has 0 aliphatic heterocycles. The standard InChI is InChI=1S/C30H47FO/c1-7-30(32,8-2)18-9-11-22(4)26-15-16-27-24(12-10-17-29(26,27)6)13-14-25-19-21(3)20-28(31)23(25)5/h13-15,21-22,27-28,32H,5,7-12,16-20H2,1-4,6H3/b24-13+,25-14-. The quantitative estimate of drug-likeness (QED) is 0.373. The third kappa shape index (κ3) is 5.32. The van der Waals surface area contributed by atoms with Crippen molar-refractivity contribution < 1.29 is 9.50 Å². The maximum atomic E-state index is 14.3. The van der Waals surface area contributed by atoms with E-state index in [-0.39, 0.29) is 5.41 Å². The summed E-state index contributed by atoms with van der Waals surface area (Å²) in [5, 5.41) is 10.6. The predicted octanol–water partition coefficient (Wildman–Crippen LogP) is 8.66. The first-order valence-corrected chi connectivity index (χ1v) is 13.3. The molecule has 2 saturated carbocycles. The van der Waals surface area contributed by atoms with Crippen LogP contribution in [0, 0.1) is 23.2 Å². The Kier molecular flexibility index (Phi) is 8.29. The lowest BCUT2D eigenvalue weighted by molar-refractivity contribution is 0.0204. The lowest BCUT2D eigenvalue weighted by Gasteiger charge is -2.42. The molecule has 0 bridgehead atoms. The summed E-state index contributed by atoms with van der Waals surface area (Å²) in [5.41, 5.74) is 4.80. The third-order valence-electron chi connectivity index (χ3n) is 9.20. The van der Waals surface area contributed by atoms with E-state index in [2.05, 4.69) is 59.4 Å². The molecule has 0 radical (unpaired) electrons. The monoisotopic (exact) mass is 442 g/mol. The van der Waals surface area contributed by atoms with Crippen LogP contribution in [0.2, 0.25) is 0 Å². The van der Waals surface area contributed by atoms with Crippen molar-refractivity contribution in [1.29, 1.82) is 0 Å². The fourth-order valence-corrected chi connectivity index (χ4v) is 6.78. The van der Waals surface area contributed by atoms with Gasteiger partial charge in [-0.2, -0.15) is 0 Å². The summed E-state index contributed by atoms with van der Waals surface area (Å²) in [6, 6.07) is 0. The molecule has 3 aliphatic rings. The van der Waals surface area contributed by atoms with Crippen LogP contribution in [0.5, 0.6) is 0 Å². The molecule has 5 atom stereocenters. The van der Waals surface area contributed by atoms with Gasteiger partial charge < -0.3 is 5.11 Å². The van der Waals surface area contributed by atoms with Gasteiger partial charge in [0.05, 0.1) is 5.60 Å². The number of hydrogen-bond acceptors (Lipinski definition) is 1. The van der Waals surface area contributed by atoms with Crippen molar-refractivity contribution in [2.45, 2.75) is 117 Å². The van der Waals surface area contributed by atoms with Gasteiger partial charge in [0.2, 0.25) is 0 Å². The zero-order chi connectivity index (χ0) is 23.5. The van der Waals surface area contributed by atoms with Crippen molar-refractivity contribution in [1.82, 2.24) is 0 Å². The van der Waals surface area contributed by atoms with Crippen molar-refractivity contribution >= 4 is 0 Å². The Hall–Kier alpha value is -1.15. The van der Waals surface area contributed by atoms with Gasteiger partial charge in [-0.1, -0.05) is 77.0 Å². The van der Waals surface area contributed by atoms with E-state index in [9.17, 15) is 9.50 Å². The van der Waals surface area contributed by atoms with Crippen molar-refractivity contribution in [3.8, 4) is 0 Å². The maximum absolute atomic E-state index is 14.3. The van der Waals surface area contributed by atoms with Gasteiger partial charge in [0, 0.05) is 0 Å². The fourth-order valence-electron chi connectivity index (χ4n) is 6.78. The molecule has 1 N–H and O–H groups in total. The summed E-state index contributed by atoms with van der Waals surface area (Å²) >= 11 is 0. The minimum Gasteiger partial charge on any atom is -0.390 e. The first kappa shape index (κ1) is 25.5. The first-order valence-electron chi connectivity index (χ1n) is 13.3. The molecule has 5 unspecified atom stereocenters. The van der Waals surface area contributed by atoms with E-state index in [1.165, 1.54) is 19.3 Å². The van der Waals surface area contributed by atoms with Gasteiger partial charge in [-0.05, 0) is 98.5 Å². The molecule has 0 aromatic rings. The molecule has 3 rings (SSSR count). The van der Waals surface area contributed by atoms with E-state index >= 15 is 0 Å². The second kappa shape index (κ2) is 10.4. The average molecular weight is 443 g/mol. The minimum atomic E-state index is -0.876. The summed E-state index contributed by atoms with van der Waals surface area (Å²) in [5.74, 6) is 1.56. The Morgan fingerprint density at radius 2 is 2.03 bits per heavy atom. The number of alkyl halides is 1. The Morgan fingerprint density at radius 1 is 1.31 bits per heavy atom. The zero-order valence-corrected chi connectivity index (χ0v) is 21.4. The van der Waals surface area contributed by atoms with Crippen LogP contribution in [0.1, 0.15) is 105 Å². The number of fused-ring (bicyclic) bond motifs is 1. The van der Waals surface area contributed by atoms with E-state index in [1.807, 2.05) is 0 Å². The Balaban J connectivity index is 1.68. The molecule has 1 nitrogen and oxygen atoms in total. The SMILES string of the molecule is C=C1/C(=C\C=C2/CCCC3(C)C(C(C)CCCC(O)(CC)CC)=CCC23)CC(C)CC1F. The fraction of sp³-hybridized carbons (Fsp3) is 0.733. The molecule has 0 aromatic carbocycles. The van der Waals surface area contributed by atoms with E-state index in [4.69, 9.17) is 0 Å². The predicted molar refractivity (Wildman–Crippen MR) is 135 cm³/mol. The van der Waals surface area contributed by atoms with Crippen molar-refractivity contribution in [2.24, 2.45) is 23.2 Å². The molecule has 0 heterocycles. The van der Waals surface area contributed by atoms with Crippen LogP contribution in [0.15, 0.2) is 47.1 Å². The van der Waals surface area contributed by atoms with Crippen LogP contribution in [0.3, 0.4) is 0 Å². The summed E-state index contributed by atoms with van der Waals surface area (Å²) in [4.78, 5) is 0. The topological polar surface area (TPSA) is 20.2 Å². The molecule has 3 aliphatic carbocycles. The van der Waals surface area contributed by atoms with Gasteiger partial charge in [-0.3, -0.25) is 0 Å². The van der Waals surface area contributed by atoms with Crippen LogP contribution >= 0.6 is 0 Å². The Bertz CT molecular complexity index is 768. The molecule has 0 spiro atoms. The van der Waals surface area contributed by atoms with Crippen LogP contribution < -0.4 is 0 Å². The molecule has 0 amide bonds. The number of halogens is 1. The molecule has 2 fully saturated rings. The van der Waals surface area contributed by atoms with Gasteiger partial charge in [0.1, 0.15) is 6.17 Å². The second-order valence-corrected chi connectivity index (χ2v) is 11.4. The molecule has 32 heavy (non-hydrogen) atoms. The van der Waals surface area contributed by atoms with Crippen LogP contribution in [0.4, 0.5) is 4.39 Å². The normalized spacial score (nSPS) is 34.7. The lowest BCUT2D eigenvalue weighted by atomic mass is 9.62. The molecule has 0 saturated heterocycles. The molecule has 0 aromatic heterocycles. The average Bonchev–Trinajstić information content (AvgIpc) is 3.12. The Morgan fingerprint density at radius 3 is 2.72 bits per heavy atom. The number of aliphatic hydroxyl groups is 1. The van der Waals surface area contributed by atoms with Gasteiger partial charge in [0.25, 0.3) is 0 Å². The van der Waals surface area contributed by atoms with Crippen molar-refractivity contribution in [3.05, 3.63) is 47.1 Å². The van der Waals surface area contributed by atoms with E-state index < -0.39 is 11.8 Å². The number of rotatable bonds is 8. The van der Waals surface area contributed by atoms with E-state index in [0.29, 0.717) is 29.7 Å². The lowest BCUT2D eigenvalue weighted by Crippen LogP contribution is -2.32. The van der Waals surface area contributed by atoms with Gasteiger partial charge in [-0.25, -0.2) is 4.39 Å². The van der Waals surface area contributed by atoms with Gasteiger partial charge in [-0.15, -0.1) is 0 Å². The smallest absolute Gasteiger partial charge is 0.125 e. The molecular formula is C30H47FO. The Labute approximate surface area is 197 Å². The van der Waals surface area contributed by atoms with E-state index in [0.717, 1.165) is 50.5 Å². The summed E-state index contributed by atoms with van der Waals surface area (Å²) < 4.78 is 14.3. The summed E-state index contributed by atoms with van der Waals surface area (Å²) in [7, 11) is 0. The highest BCUT2D eigenvalue weighted by atomic mass is 19.1. The highest BCUT2D eigenvalue weighted by Crippen LogP contribution is 2.57. The number of hydrogen-bond donors (Lipinski definition) is 1. The number of allylic oxidation sites excluding steroid dienone is 7. The van der Waals surface area contributed by atoms with Gasteiger partial charge >= 0.3 is 0 Å². The van der Waals surface area contributed by atoms with Crippen LogP contribution in [-0.2, 0) is 0 Å². The summed E-state index contributed by atoms with van der Waals surface area (Å²) in [6.07, 6.45) is 17.4. The zero-order valence-electron chi connectivity index (χ0n) is 21.4. The highest BCUT2D eigenvalue weighted by molar-refractivity contribution is 5.40. The van der Waals surface area contributed by atoms with Crippen LogP contribution in [-0.4, -0.2) is 16.9 Å². The summed E-state index contributed by atoms with van der Waals surface area (Å²) in [6.45, 7) is 15.3. The van der Waals surface area contributed by atoms with Crippen LogP contribution in [0.25, 0.3) is 0 Å². The molecular weight excluding hydrogens is 395 g/mol. The van der Waals surface area contributed by atoms with Crippen molar-refractivity contribution in [3.63, 3.8) is 0 Å². The maximum Gasteiger partial charge on any atom is 0.125 e.